The van der Waals surface area contributed by atoms with Gasteiger partial charge in [0.15, 0.2) is 0 Å². The second-order valence-corrected chi connectivity index (χ2v) is 7.95. The number of aromatic amines is 1. The van der Waals surface area contributed by atoms with E-state index in [2.05, 4.69) is 25.7 Å². The Morgan fingerprint density at radius 1 is 1.03 bits per heavy atom. The maximum atomic E-state index is 13.0. The molecule has 3 N–H and O–H groups in total. The Morgan fingerprint density at radius 3 is 2.56 bits per heavy atom. The molecular formula is C24H26N6O2. The Hall–Kier alpha value is -3.94. The van der Waals surface area contributed by atoms with Crippen molar-refractivity contribution < 1.29 is 4.79 Å². The number of amides is 1. The summed E-state index contributed by atoms with van der Waals surface area (Å²) in [5.41, 5.74) is 4.95. The first-order valence-electron chi connectivity index (χ1n) is 10.5. The van der Waals surface area contributed by atoms with E-state index < -0.39 is 0 Å². The van der Waals surface area contributed by atoms with E-state index in [4.69, 9.17) is 0 Å². The molecule has 0 radical (unpaired) electrons. The van der Waals surface area contributed by atoms with Crippen LogP contribution in [0.4, 0.5) is 11.6 Å². The number of H-pyrrole nitrogens is 1. The molecule has 2 aromatic carbocycles. The zero-order valence-electron chi connectivity index (χ0n) is 18.4. The van der Waals surface area contributed by atoms with Gasteiger partial charge >= 0.3 is 0 Å². The molecule has 2 heterocycles. The number of fused-ring (bicyclic) bond motifs is 1. The van der Waals surface area contributed by atoms with Crippen molar-refractivity contribution in [2.45, 2.75) is 40.2 Å². The lowest BCUT2D eigenvalue weighted by molar-refractivity contribution is -0.116. The summed E-state index contributed by atoms with van der Waals surface area (Å²) in [5, 5.41) is 9.02. The molecular weight excluding hydrogens is 404 g/mol. The largest absolute Gasteiger partial charge is 0.351 e. The lowest BCUT2D eigenvalue weighted by Crippen LogP contribution is -2.23. The van der Waals surface area contributed by atoms with Gasteiger partial charge in [-0.15, -0.1) is 0 Å². The number of benzene rings is 2. The van der Waals surface area contributed by atoms with Gasteiger partial charge in [0.05, 0.1) is 5.69 Å². The van der Waals surface area contributed by atoms with E-state index in [1.807, 2.05) is 62.4 Å². The Kier molecular flexibility index (Phi) is 6.02. The molecule has 2 aromatic heterocycles. The maximum Gasteiger partial charge on any atom is 0.277 e. The summed E-state index contributed by atoms with van der Waals surface area (Å²) in [6.07, 6.45) is 0.480. The minimum absolute atomic E-state index is 0.149. The summed E-state index contributed by atoms with van der Waals surface area (Å²) >= 11 is 0. The molecule has 0 atom stereocenters. The van der Waals surface area contributed by atoms with E-state index in [-0.39, 0.29) is 17.9 Å². The monoisotopic (exact) mass is 430 g/mol. The van der Waals surface area contributed by atoms with E-state index >= 15 is 0 Å². The Morgan fingerprint density at radius 2 is 1.81 bits per heavy atom. The molecule has 0 aliphatic rings. The van der Waals surface area contributed by atoms with Crippen molar-refractivity contribution in [2.24, 2.45) is 0 Å². The van der Waals surface area contributed by atoms with E-state index in [1.165, 1.54) is 10.1 Å². The molecule has 0 saturated heterocycles. The first kappa shape index (κ1) is 21.3. The number of carbonyl (C=O) groups is 1. The number of anilines is 2. The normalized spacial score (nSPS) is 11.0. The van der Waals surface area contributed by atoms with Crippen LogP contribution in [0.3, 0.4) is 0 Å². The quantitative estimate of drug-likeness (QED) is 0.416. The van der Waals surface area contributed by atoms with Crippen LogP contribution in [-0.4, -0.2) is 25.5 Å². The van der Waals surface area contributed by atoms with Crippen LogP contribution in [0, 0.1) is 20.8 Å². The van der Waals surface area contributed by atoms with Gasteiger partial charge in [-0.3, -0.25) is 14.7 Å². The topological polar surface area (TPSA) is 104 Å². The number of rotatable bonds is 7. The van der Waals surface area contributed by atoms with Gasteiger partial charge in [0, 0.05) is 24.2 Å². The van der Waals surface area contributed by atoms with Gasteiger partial charge in [-0.05, 0) is 50.5 Å². The summed E-state index contributed by atoms with van der Waals surface area (Å²) in [5.74, 6) is 0.611. The standard InChI is InChI=1S/C24H26N6O2/c1-15-7-9-18(10-8-15)14-25-23-28-24-26-17(3)20(22(32)30(24)29-23)11-12-21(31)27-19-6-4-5-16(2)13-19/h4-10,13H,11-12,14H2,1-3H3,(H,27,31)(H2,25,26,28,29). The van der Waals surface area contributed by atoms with Gasteiger partial charge < -0.3 is 10.6 Å². The molecule has 4 rings (SSSR count). The number of nitrogens with zero attached hydrogens (tertiary/aromatic N) is 3. The fourth-order valence-electron chi connectivity index (χ4n) is 3.50. The zero-order chi connectivity index (χ0) is 22.7. The predicted molar refractivity (Wildman–Crippen MR) is 125 cm³/mol. The molecule has 0 unspecified atom stereocenters. The third-order valence-electron chi connectivity index (χ3n) is 5.28. The Bertz CT molecular complexity index is 1320. The number of aryl methyl sites for hydroxylation is 3. The van der Waals surface area contributed by atoms with Crippen molar-refractivity contribution in [1.82, 2.24) is 19.6 Å². The molecule has 4 aromatic rings. The molecule has 0 spiro atoms. The number of aromatic nitrogens is 4. The van der Waals surface area contributed by atoms with Crippen LogP contribution in [-0.2, 0) is 17.8 Å². The molecule has 0 aliphatic heterocycles. The van der Waals surface area contributed by atoms with Crippen LogP contribution in [0.25, 0.3) is 5.78 Å². The van der Waals surface area contributed by atoms with E-state index in [0.717, 1.165) is 16.8 Å². The lowest BCUT2D eigenvalue weighted by atomic mass is 10.1. The van der Waals surface area contributed by atoms with E-state index in [9.17, 15) is 9.59 Å². The highest BCUT2D eigenvalue weighted by atomic mass is 16.1. The number of hydrogen-bond acceptors (Lipinski definition) is 5. The average Bonchev–Trinajstić information content (AvgIpc) is 3.16. The van der Waals surface area contributed by atoms with Gasteiger partial charge in [0.25, 0.3) is 11.3 Å². The number of nitrogens with one attached hydrogen (secondary N) is 3. The summed E-state index contributed by atoms with van der Waals surface area (Å²) in [7, 11) is 0. The second kappa shape index (κ2) is 9.05. The van der Waals surface area contributed by atoms with E-state index in [0.29, 0.717) is 35.9 Å². The van der Waals surface area contributed by atoms with E-state index in [1.54, 1.807) is 6.92 Å². The van der Waals surface area contributed by atoms with Crippen molar-refractivity contribution in [3.05, 3.63) is 86.8 Å². The lowest BCUT2D eigenvalue weighted by Gasteiger charge is -2.07. The third kappa shape index (κ3) is 4.85. The molecule has 0 saturated carbocycles. The summed E-state index contributed by atoms with van der Waals surface area (Å²) in [6, 6.07) is 15.8. The van der Waals surface area contributed by atoms with Crippen LogP contribution in [0.1, 0.15) is 34.4 Å². The Labute approximate surface area is 185 Å². The van der Waals surface area contributed by atoms with Gasteiger partial charge in [-0.2, -0.15) is 9.50 Å². The fourth-order valence-corrected chi connectivity index (χ4v) is 3.50. The van der Waals surface area contributed by atoms with Crippen molar-refractivity contribution in [1.29, 1.82) is 0 Å². The summed E-state index contributed by atoms with van der Waals surface area (Å²) in [4.78, 5) is 34.2. The molecule has 32 heavy (non-hydrogen) atoms. The molecule has 0 bridgehead atoms. The first-order chi connectivity index (χ1) is 15.4. The van der Waals surface area contributed by atoms with Gasteiger partial charge in [0.1, 0.15) is 0 Å². The highest BCUT2D eigenvalue weighted by molar-refractivity contribution is 5.90. The highest BCUT2D eigenvalue weighted by Crippen LogP contribution is 2.12. The predicted octanol–water partition coefficient (Wildman–Crippen LogP) is 3.53. The first-order valence-corrected chi connectivity index (χ1v) is 10.5. The number of hydrogen-bond donors (Lipinski definition) is 3. The summed E-state index contributed by atoms with van der Waals surface area (Å²) < 4.78 is 1.32. The van der Waals surface area contributed by atoms with Crippen LogP contribution >= 0.6 is 0 Å². The van der Waals surface area contributed by atoms with Crippen LogP contribution in [0.2, 0.25) is 0 Å². The van der Waals surface area contributed by atoms with Crippen molar-refractivity contribution in [3.63, 3.8) is 0 Å². The van der Waals surface area contributed by atoms with Crippen LogP contribution in [0.15, 0.2) is 53.3 Å². The number of carbonyl (C=O) groups excluding carboxylic acids is 1. The SMILES string of the molecule is Cc1ccc(CNc2nc3nc(C)c(CCC(=O)Nc4cccc(C)c4)c(=O)n3[nH]2)cc1. The van der Waals surface area contributed by atoms with Crippen molar-refractivity contribution >= 4 is 23.3 Å². The average molecular weight is 431 g/mol. The third-order valence-corrected chi connectivity index (χ3v) is 5.28. The molecule has 164 valence electrons. The smallest absolute Gasteiger partial charge is 0.277 e. The van der Waals surface area contributed by atoms with Gasteiger partial charge in [0.2, 0.25) is 11.9 Å². The van der Waals surface area contributed by atoms with Crippen molar-refractivity contribution in [2.75, 3.05) is 10.6 Å². The maximum absolute atomic E-state index is 13.0. The Balaban J connectivity index is 1.45. The summed E-state index contributed by atoms with van der Waals surface area (Å²) in [6.45, 7) is 6.35. The minimum atomic E-state index is -0.244. The molecule has 8 heteroatoms. The fraction of sp³-hybridized carbons (Fsp3) is 0.250. The zero-order valence-corrected chi connectivity index (χ0v) is 18.4. The van der Waals surface area contributed by atoms with Crippen LogP contribution < -0.4 is 16.2 Å². The molecule has 1 amide bonds. The molecule has 0 fully saturated rings. The second-order valence-electron chi connectivity index (χ2n) is 7.95. The molecule has 0 aliphatic carbocycles. The highest BCUT2D eigenvalue weighted by Gasteiger charge is 2.15. The van der Waals surface area contributed by atoms with Gasteiger partial charge in [-0.1, -0.05) is 42.0 Å². The van der Waals surface area contributed by atoms with Gasteiger partial charge in [-0.25, -0.2) is 4.98 Å². The van der Waals surface area contributed by atoms with Crippen molar-refractivity contribution in [3.8, 4) is 0 Å². The minimum Gasteiger partial charge on any atom is -0.351 e. The van der Waals surface area contributed by atoms with Crippen LogP contribution in [0.5, 0.6) is 0 Å². The molecule has 8 nitrogen and oxygen atoms in total.